The lowest BCUT2D eigenvalue weighted by Crippen LogP contribution is -2.22. The second-order valence-electron chi connectivity index (χ2n) is 9.67. The Balaban J connectivity index is 1.37. The summed E-state index contributed by atoms with van der Waals surface area (Å²) < 4.78 is 8.02. The van der Waals surface area contributed by atoms with Crippen LogP contribution in [0.15, 0.2) is 131 Å². The van der Waals surface area contributed by atoms with Crippen molar-refractivity contribution in [1.82, 2.24) is 24.3 Å². The number of carbonyl (C=O) groups is 1. The number of benzene rings is 4. The predicted molar refractivity (Wildman–Crippen MR) is 165 cm³/mol. The van der Waals surface area contributed by atoms with Crippen LogP contribution in [0.2, 0.25) is 5.02 Å². The van der Waals surface area contributed by atoms with Crippen LogP contribution in [-0.4, -0.2) is 30.2 Å². The van der Waals surface area contributed by atoms with Crippen molar-refractivity contribution >= 4 is 34.5 Å². The van der Waals surface area contributed by atoms with Crippen LogP contribution in [0.25, 0.3) is 45.1 Å². The van der Waals surface area contributed by atoms with E-state index < -0.39 is 0 Å². The maximum atomic E-state index is 14.0. The van der Waals surface area contributed by atoms with E-state index in [0.29, 0.717) is 39.3 Å². The zero-order valence-electron chi connectivity index (χ0n) is 22.4. The number of imidazole rings is 1. The molecule has 0 atom stereocenters. The van der Waals surface area contributed by atoms with Crippen molar-refractivity contribution in [2.24, 2.45) is 0 Å². The number of amides is 1. The minimum Gasteiger partial charge on any atom is -0.363 e. The lowest BCUT2D eigenvalue weighted by Gasteiger charge is -2.14. The molecule has 208 valence electrons. The van der Waals surface area contributed by atoms with Crippen LogP contribution >= 0.6 is 11.6 Å². The summed E-state index contributed by atoms with van der Waals surface area (Å²) in [6, 6.07) is 33.4. The maximum absolute atomic E-state index is 14.0. The van der Waals surface area contributed by atoms with Crippen molar-refractivity contribution in [3.8, 4) is 33.9 Å². The molecule has 0 aliphatic carbocycles. The maximum Gasteiger partial charge on any atom is 0.286 e. The molecule has 0 aliphatic heterocycles. The quantitative estimate of drug-likeness (QED) is 0.230. The third kappa shape index (κ3) is 4.98. The average Bonchev–Trinajstić information content (AvgIpc) is 3.73. The van der Waals surface area contributed by atoms with Gasteiger partial charge >= 0.3 is 0 Å². The van der Waals surface area contributed by atoms with Crippen molar-refractivity contribution < 1.29 is 9.32 Å². The van der Waals surface area contributed by atoms with E-state index in [-0.39, 0.29) is 17.0 Å². The van der Waals surface area contributed by atoms with Gasteiger partial charge in [-0.05, 0) is 53.6 Å². The lowest BCUT2D eigenvalue weighted by atomic mass is 10.0. The van der Waals surface area contributed by atoms with Crippen LogP contribution in [0.1, 0.15) is 10.4 Å². The molecule has 9 nitrogen and oxygen atoms in total. The lowest BCUT2D eigenvalue weighted by molar-refractivity contribution is 0.102. The summed E-state index contributed by atoms with van der Waals surface area (Å²) in [6.45, 7) is 0. The highest BCUT2D eigenvalue weighted by Crippen LogP contribution is 2.27. The molecular formula is C33H21ClN6O3. The van der Waals surface area contributed by atoms with Gasteiger partial charge in [0, 0.05) is 27.9 Å². The number of halogens is 1. The number of anilines is 1. The summed E-state index contributed by atoms with van der Waals surface area (Å²) in [7, 11) is 0. The Hall–Kier alpha value is -5.80. The van der Waals surface area contributed by atoms with Gasteiger partial charge in [0.2, 0.25) is 0 Å². The molecule has 0 fully saturated rings. The highest BCUT2D eigenvalue weighted by atomic mass is 35.5. The van der Waals surface area contributed by atoms with Crippen molar-refractivity contribution in [2.45, 2.75) is 0 Å². The third-order valence-electron chi connectivity index (χ3n) is 6.97. The van der Waals surface area contributed by atoms with Gasteiger partial charge < -0.3 is 9.84 Å². The number of carbonyl (C=O) groups excluding carboxylic acids is 1. The molecular weight excluding hydrogens is 564 g/mol. The van der Waals surface area contributed by atoms with Crippen LogP contribution in [0.4, 0.5) is 5.82 Å². The molecule has 7 aromatic rings. The molecule has 0 radical (unpaired) electrons. The minimum atomic E-state index is -0.364. The second kappa shape index (κ2) is 10.9. The Bertz CT molecular complexity index is 2140. The van der Waals surface area contributed by atoms with Crippen LogP contribution < -0.4 is 10.9 Å². The minimum absolute atomic E-state index is 0.178. The standard InChI is InChI=1S/C33H21ClN6O3/c34-25-13-15-26(16-14-25)40-30(23-11-9-22(10-12-23)21-5-2-1-3-6-21)37-31-29(33(40)42)35-20-39(31)27-8-4-7-24(19-27)32(41)36-28-17-18-43-38-28/h1-20H,(H,36,38,41). The second-order valence-corrected chi connectivity index (χ2v) is 10.1. The fourth-order valence-electron chi connectivity index (χ4n) is 4.87. The van der Waals surface area contributed by atoms with Gasteiger partial charge in [-0.25, -0.2) is 9.97 Å². The molecule has 43 heavy (non-hydrogen) atoms. The number of hydrogen-bond donors (Lipinski definition) is 1. The van der Waals surface area contributed by atoms with Crippen LogP contribution in [0, 0.1) is 0 Å². The fourth-order valence-corrected chi connectivity index (χ4v) is 5.00. The molecule has 10 heteroatoms. The number of aromatic nitrogens is 5. The highest BCUT2D eigenvalue weighted by molar-refractivity contribution is 6.30. The van der Waals surface area contributed by atoms with Crippen LogP contribution in [0.3, 0.4) is 0 Å². The number of nitrogens with one attached hydrogen (secondary N) is 1. The van der Waals surface area contributed by atoms with Crippen LogP contribution in [-0.2, 0) is 0 Å². The zero-order chi connectivity index (χ0) is 29.3. The third-order valence-corrected chi connectivity index (χ3v) is 7.22. The Morgan fingerprint density at radius 3 is 2.28 bits per heavy atom. The summed E-state index contributed by atoms with van der Waals surface area (Å²) in [5.74, 6) is 0.370. The predicted octanol–water partition coefficient (Wildman–Crippen LogP) is 6.80. The van der Waals surface area contributed by atoms with E-state index in [4.69, 9.17) is 21.1 Å². The summed E-state index contributed by atoms with van der Waals surface area (Å²) in [5.41, 5.74) is 4.64. The van der Waals surface area contributed by atoms with Crippen molar-refractivity contribution in [3.63, 3.8) is 0 Å². The van der Waals surface area contributed by atoms with E-state index in [0.717, 1.165) is 16.7 Å². The molecule has 1 N–H and O–H groups in total. The monoisotopic (exact) mass is 584 g/mol. The van der Waals surface area contributed by atoms with Crippen LogP contribution in [0.5, 0.6) is 0 Å². The normalized spacial score (nSPS) is 11.1. The molecule has 7 rings (SSSR count). The number of rotatable bonds is 6. The molecule has 4 aromatic carbocycles. The Labute approximate surface area is 249 Å². The number of hydrogen-bond acceptors (Lipinski definition) is 6. The topological polar surface area (TPSA) is 108 Å². The first kappa shape index (κ1) is 26.1. The Morgan fingerprint density at radius 1 is 0.791 bits per heavy atom. The fraction of sp³-hybridized carbons (Fsp3) is 0. The van der Waals surface area contributed by atoms with Crippen molar-refractivity contribution in [1.29, 1.82) is 0 Å². The average molecular weight is 585 g/mol. The number of fused-ring (bicyclic) bond motifs is 1. The largest absolute Gasteiger partial charge is 0.363 e. The van der Waals surface area contributed by atoms with Gasteiger partial charge in [-0.3, -0.25) is 18.7 Å². The SMILES string of the molecule is O=C(Nc1ccon1)c1cccc(-n2cnc3c(=O)n(-c4ccc(Cl)cc4)c(-c4ccc(-c5ccccc5)cc4)nc32)c1. The van der Waals surface area contributed by atoms with Crippen molar-refractivity contribution in [2.75, 3.05) is 5.32 Å². The molecule has 3 aromatic heterocycles. The molecule has 0 saturated carbocycles. The molecule has 0 spiro atoms. The van der Waals surface area contributed by atoms with Crippen molar-refractivity contribution in [3.05, 3.63) is 143 Å². The number of nitrogens with zero attached hydrogens (tertiary/aromatic N) is 5. The molecule has 3 heterocycles. The first-order chi connectivity index (χ1) is 21.0. The summed E-state index contributed by atoms with van der Waals surface area (Å²) in [5, 5.41) is 6.97. The molecule has 0 bridgehead atoms. The Kier molecular flexibility index (Phi) is 6.61. The van der Waals surface area contributed by atoms with Gasteiger partial charge in [0.25, 0.3) is 11.5 Å². The van der Waals surface area contributed by atoms with Gasteiger partial charge in [-0.1, -0.05) is 77.4 Å². The van der Waals surface area contributed by atoms with E-state index in [1.165, 1.54) is 17.2 Å². The summed E-state index contributed by atoms with van der Waals surface area (Å²) in [4.78, 5) is 36.3. The summed E-state index contributed by atoms with van der Waals surface area (Å²) >= 11 is 6.16. The van der Waals surface area contributed by atoms with E-state index in [9.17, 15) is 9.59 Å². The van der Waals surface area contributed by atoms with E-state index in [2.05, 4.69) is 15.5 Å². The molecule has 0 aliphatic rings. The molecule has 1 amide bonds. The summed E-state index contributed by atoms with van der Waals surface area (Å²) in [6.07, 6.45) is 2.90. The molecule has 0 unspecified atom stereocenters. The highest BCUT2D eigenvalue weighted by Gasteiger charge is 2.20. The first-order valence-electron chi connectivity index (χ1n) is 13.3. The van der Waals surface area contributed by atoms with E-state index in [1.54, 1.807) is 53.1 Å². The first-order valence-corrected chi connectivity index (χ1v) is 13.7. The Morgan fingerprint density at radius 2 is 1.53 bits per heavy atom. The van der Waals surface area contributed by atoms with Gasteiger partial charge in [0.05, 0.1) is 5.69 Å². The smallest absolute Gasteiger partial charge is 0.286 e. The van der Waals surface area contributed by atoms with Gasteiger partial charge in [-0.2, -0.15) is 0 Å². The van der Waals surface area contributed by atoms with E-state index >= 15 is 0 Å². The van der Waals surface area contributed by atoms with E-state index in [1.807, 2.05) is 60.7 Å². The zero-order valence-corrected chi connectivity index (χ0v) is 23.1. The van der Waals surface area contributed by atoms with Gasteiger partial charge in [-0.15, -0.1) is 0 Å². The van der Waals surface area contributed by atoms with Gasteiger partial charge in [0.1, 0.15) is 18.4 Å². The molecule has 0 saturated heterocycles. The van der Waals surface area contributed by atoms with Gasteiger partial charge in [0.15, 0.2) is 17.0 Å².